The topological polar surface area (TPSA) is 85.2 Å². The summed E-state index contributed by atoms with van der Waals surface area (Å²) in [5, 5.41) is 0.0217. The van der Waals surface area contributed by atoms with Crippen molar-refractivity contribution in [2.75, 3.05) is 6.61 Å². The molecule has 2 aromatic heterocycles. The van der Waals surface area contributed by atoms with Crippen molar-refractivity contribution in [3.8, 4) is 0 Å². The van der Waals surface area contributed by atoms with Crippen molar-refractivity contribution in [1.29, 1.82) is 0 Å². The molecule has 0 aliphatic heterocycles. The van der Waals surface area contributed by atoms with Crippen LogP contribution in [0.25, 0.3) is 11.1 Å². The Morgan fingerprint density at radius 3 is 2.73 bits per heavy atom. The van der Waals surface area contributed by atoms with E-state index in [4.69, 9.17) is 9.15 Å². The standard InChI is InChI=1S/C19H20N2O4S/c1-5-24-18(23)15-10(2)16(20-11(15)3)17(22)12(4)26-19-21-13-8-6-7-9-14(13)25-19/h6-9,12,20H,5H2,1-4H3/t12-/m0/s1. The monoisotopic (exact) mass is 372 g/mol. The number of hydrogen-bond donors (Lipinski definition) is 1. The van der Waals surface area contributed by atoms with Crippen molar-refractivity contribution in [1.82, 2.24) is 9.97 Å². The number of esters is 1. The lowest BCUT2D eigenvalue weighted by Crippen LogP contribution is -2.15. The Morgan fingerprint density at radius 2 is 2.04 bits per heavy atom. The summed E-state index contributed by atoms with van der Waals surface area (Å²) in [6, 6.07) is 7.46. The number of hydrogen-bond acceptors (Lipinski definition) is 6. The van der Waals surface area contributed by atoms with Crippen molar-refractivity contribution in [3.63, 3.8) is 0 Å². The van der Waals surface area contributed by atoms with Gasteiger partial charge in [-0.3, -0.25) is 4.79 Å². The van der Waals surface area contributed by atoms with E-state index in [0.29, 0.717) is 33.3 Å². The fourth-order valence-corrected chi connectivity index (χ4v) is 3.63. The van der Waals surface area contributed by atoms with E-state index in [-0.39, 0.29) is 12.4 Å². The zero-order chi connectivity index (χ0) is 18.8. The number of oxazole rings is 1. The molecule has 6 nitrogen and oxygen atoms in total. The van der Waals surface area contributed by atoms with Gasteiger partial charge in [0.2, 0.25) is 0 Å². The third-order valence-electron chi connectivity index (χ3n) is 4.08. The summed E-state index contributed by atoms with van der Waals surface area (Å²) in [5.74, 6) is -0.537. The van der Waals surface area contributed by atoms with Crippen LogP contribution in [0.3, 0.4) is 0 Å². The van der Waals surface area contributed by atoms with E-state index < -0.39 is 11.2 Å². The van der Waals surface area contributed by atoms with E-state index in [1.165, 1.54) is 11.8 Å². The van der Waals surface area contributed by atoms with Gasteiger partial charge in [0.1, 0.15) is 5.52 Å². The molecule has 0 amide bonds. The highest BCUT2D eigenvalue weighted by atomic mass is 32.2. The first-order valence-electron chi connectivity index (χ1n) is 8.35. The number of fused-ring (bicyclic) bond motifs is 1. The molecule has 0 unspecified atom stereocenters. The van der Waals surface area contributed by atoms with Gasteiger partial charge in [0, 0.05) is 5.69 Å². The summed E-state index contributed by atoms with van der Waals surface area (Å²) >= 11 is 1.25. The number of ketones is 1. The first kappa shape index (κ1) is 18.3. The number of aromatic nitrogens is 2. The number of nitrogens with one attached hydrogen (secondary N) is 1. The molecule has 1 atom stereocenters. The Kier molecular flexibility index (Phi) is 5.18. The Labute approximate surface area is 155 Å². The number of carbonyl (C=O) groups is 2. The average molecular weight is 372 g/mol. The van der Waals surface area contributed by atoms with Gasteiger partial charge in [0.25, 0.3) is 5.22 Å². The molecule has 7 heteroatoms. The molecule has 26 heavy (non-hydrogen) atoms. The molecule has 0 spiro atoms. The van der Waals surface area contributed by atoms with Gasteiger partial charge in [0.05, 0.1) is 23.1 Å². The highest BCUT2D eigenvalue weighted by Crippen LogP contribution is 2.29. The fraction of sp³-hybridized carbons (Fsp3) is 0.316. The Morgan fingerprint density at radius 1 is 1.31 bits per heavy atom. The van der Waals surface area contributed by atoms with Crippen LogP contribution in [0.15, 0.2) is 33.9 Å². The summed E-state index contributed by atoms with van der Waals surface area (Å²) in [6.07, 6.45) is 0. The van der Waals surface area contributed by atoms with E-state index in [1.807, 2.05) is 24.3 Å². The minimum absolute atomic E-state index is 0.117. The first-order chi connectivity index (χ1) is 12.4. The van der Waals surface area contributed by atoms with Crippen molar-refractivity contribution >= 4 is 34.6 Å². The lowest BCUT2D eigenvalue weighted by atomic mass is 10.1. The molecule has 1 aromatic carbocycles. The van der Waals surface area contributed by atoms with Crippen LogP contribution >= 0.6 is 11.8 Å². The van der Waals surface area contributed by atoms with Crippen molar-refractivity contribution in [2.24, 2.45) is 0 Å². The number of Topliss-reactive ketones (excluding diaryl/α,β-unsaturated/α-hetero) is 1. The SMILES string of the molecule is CCOC(=O)c1c(C)[nH]c(C(=O)[C@H](C)Sc2nc3ccccc3o2)c1C. The van der Waals surface area contributed by atoms with Crippen LogP contribution in [0.1, 0.15) is 46.0 Å². The predicted octanol–water partition coefficient (Wildman–Crippen LogP) is 4.31. The summed E-state index contributed by atoms with van der Waals surface area (Å²) in [6.45, 7) is 7.34. The minimum Gasteiger partial charge on any atom is -0.462 e. The number of H-pyrrole nitrogens is 1. The number of aryl methyl sites for hydroxylation is 1. The molecular formula is C19H20N2O4S. The van der Waals surface area contributed by atoms with Crippen molar-refractivity contribution in [3.05, 3.63) is 46.8 Å². The normalized spacial score (nSPS) is 12.3. The van der Waals surface area contributed by atoms with E-state index in [2.05, 4.69) is 9.97 Å². The molecule has 0 radical (unpaired) electrons. The highest BCUT2D eigenvalue weighted by molar-refractivity contribution is 8.00. The molecule has 0 aliphatic carbocycles. The lowest BCUT2D eigenvalue weighted by molar-refractivity contribution is 0.0525. The second kappa shape index (κ2) is 7.37. The molecule has 0 aliphatic rings. The summed E-state index contributed by atoms with van der Waals surface area (Å²) < 4.78 is 10.7. The van der Waals surface area contributed by atoms with Crippen molar-refractivity contribution in [2.45, 2.75) is 38.2 Å². The van der Waals surface area contributed by atoms with Gasteiger partial charge in [-0.05, 0) is 45.4 Å². The molecular weight excluding hydrogens is 352 g/mol. The molecule has 2 heterocycles. The number of ether oxygens (including phenoxy) is 1. The lowest BCUT2D eigenvalue weighted by Gasteiger charge is -2.07. The Hall–Kier alpha value is -2.54. The Bertz CT molecular complexity index is 940. The van der Waals surface area contributed by atoms with Crippen LogP contribution in [0.2, 0.25) is 0 Å². The van der Waals surface area contributed by atoms with Crippen LogP contribution in [0.5, 0.6) is 0 Å². The number of thioether (sulfide) groups is 1. The molecule has 0 saturated heterocycles. The van der Waals surface area contributed by atoms with Gasteiger partial charge in [0.15, 0.2) is 11.4 Å². The van der Waals surface area contributed by atoms with E-state index >= 15 is 0 Å². The van der Waals surface area contributed by atoms with E-state index in [0.717, 1.165) is 5.52 Å². The van der Waals surface area contributed by atoms with E-state index in [1.54, 1.807) is 27.7 Å². The van der Waals surface area contributed by atoms with E-state index in [9.17, 15) is 9.59 Å². The molecule has 3 aromatic rings. The number of benzene rings is 1. The zero-order valence-electron chi connectivity index (χ0n) is 15.1. The van der Waals surface area contributed by atoms with Gasteiger partial charge in [-0.1, -0.05) is 23.9 Å². The Balaban J connectivity index is 1.82. The van der Waals surface area contributed by atoms with Crippen LogP contribution < -0.4 is 0 Å². The minimum atomic E-state index is -0.421. The van der Waals surface area contributed by atoms with Gasteiger partial charge >= 0.3 is 5.97 Å². The maximum Gasteiger partial charge on any atom is 0.340 e. The molecule has 3 rings (SSSR count). The fourth-order valence-electron chi connectivity index (χ4n) is 2.82. The maximum absolute atomic E-state index is 12.9. The van der Waals surface area contributed by atoms with Gasteiger partial charge in [-0.15, -0.1) is 0 Å². The van der Waals surface area contributed by atoms with Crippen LogP contribution in [-0.2, 0) is 4.74 Å². The first-order valence-corrected chi connectivity index (χ1v) is 9.23. The predicted molar refractivity (Wildman–Crippen MR) is 99.9 cm³/mol. The second-order valence-electron chi connectivity index (χ2n) is 5.92. The van der Waals surface area contributed by atoms with Crippen LogP contribution in [0.4, 0.5) is 0 Å². The number of carbonyl (C=O) groups excluding carboxylic acids is 2. The zero-order valence-corrected chi connectivity index (χ0v) is 15.9. The largest absolute Gasteiger partial charge is 0.462 e. The van der Waals surface area contributed by atoms with Gasteiger partial charge in [-0.25, -0.2) is 9.78 Å². The van der Waals surface area contributed by atoms with Gasteiger partial charge < -0.3 is 14.1 Å². The summed E-state index contributed by atoms with van der Waals surface area (Å²) in [5.41, 5.74) is 3.52. The third kappa shape index (κ3) is 3.39. The second-order valence-corrected chi connectivity index (χ2v) is 7.21. The molecule has 136 valence electrons. The maximum atomic E-state index is 12.9. The average Bonchev–Trinajstić information content (AvgIpc) is 3.14. The molecule has 1 N–H and O–H groups in total. The number of rotatable bonds is 6. The number of aromatic amines is 1. The number of para-hydroxylation sites is 2. The van der Waals surface area contributed by atoms with Crippen molar-refractivity contribution < 1.29 is 18.7 Å². The molecule has 0 fully saturated rings. The van der Waals surface area contributed by atoms with Gasteiger partial charge in [-0.2, -0.15) is 0 Å². The van der Waals surface area contributed by atoms with Crippen LogP contribution in [-0.4, -0.2) is 33.6 Å². The smallest absolute Gasteiger partial charge is 0.340 e. The molecule has 0 saturated carbocycles. The molecule has 0 bridgehead atoms. The highest BCUT2D eigenvalue weighted by Gasteiger charge is 2.27. The summed E-state index contributed by atoms with van der Waals surface area (Å²) in [7, 11) is 0. The summed E-state index contributed by atoms with van der Waals surface area (Å²) in [4.78, 5) is 32.4. The number of nitrogens with zero attached hydrogens (tertiary/aromatic N) is 1. The van der Waals surface area contributed by atoms with Crippen LogP contribution in [0, 0.1) is 13.8 Å². The quantitative estimate of drug-likeness (QED) is 0.394. The third-order valence-corrected chi connectivity index (χ3v) is 5.03.